The number of benzene rings is 1. The largest absolute Gasteiger partial charge is 0.347 e. The third-order valence-electron chi connectivity index (χ3n) is 6.06. The standard InChI is InChI=1S/C23H30N4O2/c1-15(2)16-10-12-18(13-11-16)24-22(28)20-19-9-5-6-14-27(19)21(26-20)23(29)25-17-7-3-4-8-17/h10-13,15,17H,3-9,14H2,1-2H3,(H,24,28)(H,25,29). The quantitative estimate of drug-likeness (QED) is 0.795. The van der Waals surface area contributed by atoms with E-state index in [0.717, 1.165) is 62.9 Å². The summed E-state index contributed by atoms with van der Waals surface area (Å²) in [6, 6.07) is 8.13. The summed E-state index contributed by atoms with van der Waals surface area (Å²) in [6.07, 6.45) is 7.17. The van der Waals surface area contributed by atoms with E-state index in [1.807, 2.05) is 28.8 Å². The summed E-state index contributed by atoms with van der Waals surface area (Å²) in [5, 5.41) is 6.06. The molecule has 2 aromatic rings. The molecule has 2 amide bonds. The second kappa shape index (κ2) is 8.39. The molecule has 6 heteroatoms. The number of nitrogens with one attached hydrogen (secondary N) is 2. The molecular formula is C23H30N4O2. The van der Waals surface area contributed by atoms with E-state index in [4.69, 9.17) is 0 Å². The molecule has 4 rings (SSSR count). The van der Waals surface area contributed by atoms with Crippen molar-refractivity contribution in [3.05, 3.63) is 47.0 Å². The van der Waals surface area contributed by atoms with E-state index in [2.05, 4.69) is 29.5 Å². The zero-order chi connectivity index (χ0) is 20.4. The molecule has 6 nitrogen and oxygen atoms in total. The van der Waals surface area contributed by atoms with Crippen molar-refractivity contribution in [2.45, 2.75) is 77.3 Å². The molecule has 2 N–H and O–H groups in total. The second-order valence-corrected chi connectivity index (χ2v) is 8.53. The van der Waals surface area contributed by atoms with Gasteiger partial charge in [-0.1, -0.05) is 38.8 Å². The predicted molar refractivity (Wildman–Crippen MR) is 113 cm³/mol. The van der Waals surface area contributed by atoms with Crippen LogP contribution in [0.5, 0.6) is 0 Å². The maximum atomic E-state index is 13.0. The molecule has 29 heavy (non-hydrogen) atoms. The Morgan fingerprint density at radius 1 is 1.03 bits per heavy atom. The van der Waals surface area contributed by atoms with Gasteiger partial charge in [0.25, 0.3) is 11.8 Å². The normalized spacial score (nSPS) is 16.7. The van der Waals surface area contributed by atoms with E-state index in [-0.39, 0.29) is 17.9 Å². The zero-order valence-corrected chi connectivity index (χ0v) is 17.3. The molecule has 1 aromatic carbocycles. The molecule has 0 unspecified atom stereocenters. The highest BCUT2D eigenvalue weighted by Crippen LogP contribution is 2.24. The minimum Gasteiger partial charge on any atom is -0.347 e. The van der Waals surface area contributed by atoms with Crippen molar-refractivity contribution < 1.29 is 9.59 Å². The summed E-state index contributed by atoms with van der Waals surface area (Å²) in [5.74, 6) is 0.431. The first kappa shape index (κ1) is 19.7. The van der Waals surface area contributed by atoms with Gasteiger partial charge in [0.05, 0.1) is 5.69 Å². The summed E-state index contributed by atoms with van der Waals surface area (Å²) in [7, 11) is 0. The molecule has 1 aliphatic carbocycles. The van der Waals surface area contributed by atoms with E-state index in [1.165, 1.54) is 5.56 Å². The molecule has 0 atom stereocenters. The van der Waals surface area contributed by atoms with Crippen molar-refractivity contribution in [2.75, 3.05) is 5.32 Å². The molecule has 0 bridgehead atoms. The Hall–Kier alpha value is -2.63. The Kier molecular flexibility index (Phi) is 5.69. The van der Waals surface area contributed by atoms with Crippen LogP contribution in [0.4, 0.5) is 5.69 Å². The molecule has 1 fully saturated rings. The van der Waals surface area contributed by atoms with Crippen molar-refractivity contribution in [1.82, 2.24) is 14.9 Å². The monoisotopic (exact) mass is 394 g/mol. The van der Waals surface area contributed by atoms with Crippen LogP contribution in [0.3, 0.4) is 0 Å². The zero-order valence-electron chi connectivity index (χ0n) is 17.3. The molecule has 2 aliphatic rings. The van der Waals surface area contributed by atoms with Crippen molar-refractivity contribution >= 4 is 17.5 Å². The fourth-order valence-corrected chi connectivity index (χ4v) is 4.36. The van der Waals surface area contributed by atoms with Crippen LogP contribution < -0.4 is 10.6 Å². The molecule has 154 valence electrons. The van der Waals surface area contributed by atoms with Gasteiger partial charge in [-0.2, -0.15) is 0 Å². The van der Waals surface area contributed by atoms with E-state index in [0.29, 0.717) is 17.4 Å². The van der Waals surface area contributed by atoms with Crippen molar-refractivity contribution in [3.63, 3.8) is 0 Å². The fourth-order valence-electron chi connectivity index (χ4n) is 4.36. The summed E-state index contributed by atoms with van der Waals surface area (Å²) < 4.78 is 1.95. The number of nitrogens with zero attached hydrogens (tertiary/aromatic N) is 2. The third-order valence-corrected chi connectivity index (χ3v) is 6.06. The Labute approximate surface area is 172 Å². The molecule has 0 spiro atoms. The van der Waals surface area contributed by atoms with Crippen LogP contribution in [-0.4, -0.2) is 27.4 Å². The first-order chi connectivity index (χ1) is 14.0. The summed E-state index contributed by atoms with van der Waals surface area (Å²) in [4.78, 5) is 30.3. The lowest BCUT2D eigenvalue weighted by atomic mass is 10.0. The van der Waals surface area contributed by atoms with Crippen LogP contribution in [0.15, 0.2) is 24.3 Å². The lowest BCUT2D eigenvalue weighted by Crippen LogP contribution is -2.35. The highest BCUT2D eigenvalue weighted by atomic mass is 16.2. The minimum atomic E-state index is -0.243. The van der Waals surface area contributed by atoms with Gasteiger partial charge in [0.15, 0.2) is 11.5 Å². The molecule has 1 aliphatic heterocycles. The van der Waals surface area contributed by atoms with E-state index < -0.39 is 0 Å². The van der Waals surface area contributed by atoms with Crippen molar-refractivity contribution in [2.24, 2.45) is 0 Å². The van der Waals surface area contributed by atoms with E-state index in [9.17, 15) is 9.59 Å². The second-order valence-electron chi connectivity index (χ2n) is 8.53. The van der Waals surface area contributed by atoms with Gasteiger partial charge < -0.3 is 15.2 Å². The van der Waals surface area contributed by atoms with Gasteiger partial charge in [0.1, 0.15) is 0 Å². The number of fused-ring (bicyclic) bond motifs is 1. The molecular weight excluding hydrogens is 364 g/mol. The maximum absolute atomic E-state index is 13.0. The van der Waals surface area contributed by atoms with Crippen molar-refractivity contribution in [3.8, 4) is 0 Å². The SMILES string of the molecule is CC(C)c1ccc(NC(=O)c2nc(C(=O)NC3CCCC3)n3c2CCCC3)cc1. The van der Waals surface area contributed by atoms with Crippen LogP contribution >= 0.6 is 0 Å². The molecule has 1 saturated carbocycles. The van der Waals surface area contributed by atoms with E-state index in [1.54, 1.807) is 0 Å². The van der Waals surface area contributed by atoms with Gasteiger partial charge >= 0.3 is 0 Å². The first-order valence-electron chi connectivity index (χ1n) is 10.8. The smallest absolute Gasteiger partial charge is 0.287 e. The Morgan fingerprint density at radius 3 is 2.45 bits per heavy atom. The van der Waals surface area contributed by atoms with Crippen LogP contribution in [0.1, 0.15) is 90.7 Å². The average molecular weight is 395 g/mol. The number of rotatable bonds is 5. The number of hydrogen-bond donors (Lipinski definition) is 2. The Bertz CT molecular complexity index is 892. The Balaban J connectivity index is 1.55. The lowest BCUT2D eigenvalue weighted by molar-refractivity contribution is 0.0921. The minimum absolute atomic E-state index is 0.152. The van der Waals surface area contributed by atoms with Crippen LogP contribution in [0.2, 0.25) is 0 Å². The number of anilines is 1. The van der Waals surface area contributed by atoms with Gasteiger partial charge in [-0.15, -0.1) is 0 Å². The highest BCUT2D eigenvalue weighted by Gasteiger charge is 2.29. The molecule has 0 radical (unpaired) electrons. The summed E-state index contributed by atoms with van der Waals surface area (Å²) in [6.45, 7) is 5.03. The Morgan fingerprint density at radius 2 is 1.76 bits per heavy atom. The van der Waals surface area contributed by atoms with Gasteiger partial charge in [-0.05, 0) is 55.7 Å². The van der Waals surface area contributed by atoms with Crippen LogP contribution in [0, 0.1) is 0 Å². The number of carbonyl (C=O) groups is 2. The van der Waals surface area contributed by atoms with Crippen LogP contribution in [-0.2, 0) is 13.0 Å². The summed E-state index contributed by atoms with van der Waals surface area (Å²) >= 11 is 0. The van der Waals surface area contributed by atoms with E-state index >= 15 is 0 Å². The third kappa shape index (κ3) is 4.21. The number of carbonyl (C=O) groups excluding carboxylic acids is 2. The topological polar surface area (TPSA) is 76.0 Å². The maximum Gasteiger partial charge on any atom is 0.287 e. The van der Waals surface area contributed by atoms with Gasteiger partial charge in [-0.25, -0.2) is 4.98 Å². The van der Waals surface area contributed by atoms with Gasteiger partial charge in [0.2, 0.25) is 0 Å². The number of hydrogen-bond acceptors (Lipinski definition) is 3. The van der Waals surface area contributed by atoms with Crippen molar-refractivity contribution in [1.29, 1.82) is 0 Å². The highest BCUT2D eigenvalue weighted by molar-refractivity contribution is 6.05. The molecule has 0 saturated heterocycles. The average Bonchev–Trinajstić information content (AvgIpc) is 3.36. The number of amides is 2. The predicted octanol–water partition coefficient (Wildman–Crippen LogP) is 4.27. The molecule has 1 aromatic heterocycles. The lowest BCUT2D eigenvalue weighted by Gasteiger charge is -2.18. The van der Waals surface area contributed by atoms with Gasteiger partial charge in [-0.3, -0.25) is 9.59 Å². The number of imidazole rings is 1. The van der Waals surface area contributed by atoms with Gasteiger partial charge in [0, 0.05) is 18.3 Å². The molecule has 2 heterocycles. The number of aromatic nitrogens is 2. The first-order valence-corrected chi connectivity index (χ1v) is 10.8. The van der Waals surface area contributed by atoms with Crippen LogP contribution in [0.25, 0.3) is 0 Å². The fraction of sp³-hybridized carbons (Fsp3) is 0.522. The summed E-state index contributed by atoms with van der Waals surface area (Å²) in [5.41, 5.74) is 3.24.